The van der Waals surface area contributed by atoms with Gasteiger partial charge in [0, 0.05) is 38.0 Å². The Bertz CT molecular complexity index is 532. The van der Waals surface area contributed by atoms with Gasteiger partial charge in [-0.05, 0) is 26.7 Å². The van der Waals surface area contributed by atoms with Crippen LogP contribution in [0.5, 0.6) is 5.75 Å². The average molecular weight is 432 g/mol. The number of aromatic nitrogens is 1. The number of aliphatic imine (C=N–C) groups is 1. The molecule has 0 saturated heterocycles. The molecule has 0 radical (unpaired) electrons. The topological polar surface area (TPSA) is 49.8 Å². The predicted molar refractivity (Wildman–Crippen MR) is 108 cm³/mol. The minimum Gasteiger partial charge on any atom is -0.496 e. The van der Waals surface area contributed by atoms with Crippen LogP contribution >= 0.6 is 24.0 Å². The van der Waals surface area contributed by atoms with Crippen LogP contribution in [0.4, 0.5) is 0 Å². The molecule has 0 bridgehead atoms. The van der Waals surface area contributed by atoms with Crippen molar-refractivity contribution in [3.8, 4) is 5.75 Å². The van der Waals surface area contributed by atoms with Crippen molar-refractivity contribution in [2.75, 3.05) is 27.7 Å². The van der Waals surface area contributed by atoms with Gasteiger partial charge in [0.15, 0.2) is 5.96 Å². The summed E-state index contributed by atoms with van der Waals surface area (Å²) in [6, 6.07) is 0. The van der Waals surface area contributed by atoms with Crippen LogP contribution in [-0.2, 0) is 6.54 Å². The zero-order valence-corrected chi connectivity index (χ0v) is 17.2. The summed E-state index contributed by atoms with van der Waals surface area (Å²) >= 11 is 0. The number of methoxy groups -OCH3 is 1. The summed E-state index contributed by atoms with van der Waals surface area (Å²) in [7, 11) is 5.52. The number of nitrogens with one attached hydrogen (secondary N) is 1. The number of rotatable bonds is 7. The lowest BCUT2D eigenvalue weighted by Gasteiger charge is -2.22. The number of hydrogen-bond donors (Lipinski definition) is 1. The Morgan fingerprint density at radius 2 is 2.17 bits per heavy atom. The van der Waals surface area contributed by atoms with Gasteiger partial charge < -0.3 is 15.0 Å². The van der Waals surface area contributed by atoms with E-state index in [1.807, 2.05) is 33.2 Å². The second-order valence-electron chi connectivity index (χ2n) is 5.30. The van der Waals surface area contributed by atoms with Gasteiger partial charge in [-0.15, -0.1) is 30.6 Å². The zero-order chi connectivity index (χ0) is 16.5. The largest absolute Gasteiger partial charge is 0.496 e. The summed E-state index contributed by atoms with van der Waals surface area (Å²) < 4.78 is 5.44. The van der Waals surface area contributed by atoms with E-state index in [4.69, 9.17) is 4.74 Å². The van der Waals surface area contributed by atoms with Crippen molar-refractivity contribution in [3.05, 3.63) is 35.7 Å². The van der Waals surface area contributed by atoms with Crippen LogP contribution in [-0.4, -0.2) is 43.6 Å². The van der Waals surface area contributed by atoms with Crippen LogP contribution in [0.3, 0.4) is 0 Å². The van der Waals surface area contributed by atoms with E-state index in [-0.39, 0.29) is 24.0 Å². The number of halogens is 1. The molecule has 0 atom stereocenters. The molecule has 1 heterocycles. The molecule has 1 rings (SSSR count). The lowest BCUT2D eigenvalue weighted by atomic mass is 10.1. The highest BCUT2D eigenvalue weighted by Crippen LogP contribution is 2.23. The van der Waals surface area contributed by atoms with Gasteiger partial charge in [0.05, 0.1) is 19.3 Å². The third kappa shape index (κ3) is 6.37. The average Bonchev–Trinajstić information content (AvgIpc) is 2.50. The van der Waals surface area contributed by atoms with Crippen LogP contribution < -0.4 is 10.1 Å². The molecule has 130 valence electrons. The molecule has 0 saturated carbocycles. The highest BCUT2D eigenvalue weighted by atomic mass is 127. The highest BCUT2D eigenvalue weighted by Gasteiger charge is 2.11. The van der Waals surface area contributed by atoms with Gasteiger partial charge in [-0.2, -0.15) is 0 Å². The van der Waals surface area contributed by atoms with E-state index in [9.17, 15) is 0 Å². The first kappa shape index (κ1) is 21.7. The number of pyridine rings is 1. The number of guanidine groups is 1. The second-order valence-corrected chi connectivity index (χ2v) is 5.30. The van der Waals surface area contributed by atoms with Crippen LogP contribution in [0.1, 0.15) is 29.7 Å². The van der Waals surface area contributed by atoms with Crippen LogP contribution in [0.25, 0.3) is 0 Å². The third-order valence-corrected chi connectivity index (χ3v) is 3.64. The van der Waals surface area contributed by atoms with Crippen molar-refractivity contribution in [2.24, 2.45) is 4.99 Å². The van der Waals surface area contributed by atoms with E-state index in [1.54, 1.807) is 14.2 Å². The van der Waals surface area contributed by atoms with Crippen molar-refractivity contribution in [1.82, 2.24) is 15.2 Å². The Morgan fingerprint density at radius 3 is 2.74 bits per heavy atom. The number of nitrogens with zero attached hydrogens (tertiary/aromatic N) is 3. The number of hydrogen-bond acceptors (Lipinski definition) is 3. The molecule has 0 amide bonds. The van der Waals surface area contributed by atoms with Crippen molar-refractivity contribution >= 4 is 29.9 Å². The Hall–Kier alpha value is -1.31. The fraction of sp³-hybridized carbons (Fsp3) is 0.529. The maximum atomic E-state index is 5.44. The van der Waals surface area contributed by atoms with E-state index in [0.717, 1.165) is 47.9 Å². The Balaban J connectivity index is 0.00000484. The summed E-state index contributed by atoms with van der Waals surface area (Å²) in [5.41, 5.74) is 3.09. The summed E-state index contributed by atoms with van der Waals surface area (Å²) in [5.74, 6) is 1.77. The van der Waals surface area contributed by atoms with Gasteiger partial charge >= 0.3 is 0 Å². The Labute approximate surface area is 157 Å². The lowest BCUT2D eigenvalue weighted by molar-refractivity contribution is 0.406. The van der Waals surface area contributed by atoms with E-state index in [0.29, 0.717) is 6.54 Å². The van der Waals surface area contributed by atoms with E-state index in [1.165, 1.54) is 0 Å². The fourth-order valence-corrected chi connectivity index (χ4v) is 2.38. The summed E-state index contributed by atoms with van der Waals surface area (Å²) in [4.78, 5) is 10.9. The zero-order valence-electron chi connectivity index (χ0n) is 14.8. The molecule has 6 heteroatoms. The molecule has 0 unspecified atom stereocenters. The maximum absolute atomic E-state index is 5.44. The summed E-state index contributed by atoms with van der Waals surface area (Å²) in [6.45, 7) is 9.35. The first-order valence-corrected chi connectivity index (χ1v) is 7.56. The summed E-state index contributed by atoms with van der Waals surface area (Å²) in [5, 5.41) is 3.36. The number of unbranched alkanes of at least 4 members (excludes halogenated alkanes) is 1. The van der Waals surface area contributed by atoms with Gasteiger partial charge in [-0.3, -0.25) is 9.98 Å². The molecule has 0 aliphatic heterocycles. The monoisotopic (exact) mass is 432 g/mol. The van der Waals surface area contributed by atoms with Gasteiger partial charge in [0.1, 0.15) is 5.75 Å². The molecule has 0 spiro atoms. The van der Waals surface area contributed by atoms with Gasteiger partial charge in [0.2, 0.25) is 0 Å². The minimum absolute atomic E-state index is 0. The first-order valence-electron chi connectivity index (χ1n) is 7.56. The quantitative estimate of drug-likeness (QED) is 0.236. The van der Waals surface area contributed by atoms with Crippen molar-refractivity contribution in [2.45, 2.75) is 33.2 Å². The van der Waals surface area contributed by atoms with Crippen LogP contribution in [0.15, 0.2) is 23.8 Å². The normalized spacial score (nSPS) is 10.7. The van der Waals surface area contributed by atoms with E-state index < -0.39 is 0 Å². The molecule has 5 nitrogen and oxygen atoms in total. The molecular formula is C17H29IN4O. The first-order chi connectivity index (χ1) is 10.5. The molecular weight excluding hydrogens is 403 g/mol. The third-order valence-electron chi connectivity index (χ3n) is 3.64. The Morgan fingerprint density at radius 1 is 1.48 bits per heavy atom. The number of ether oxygens (including phenoxy) is 1. The van der Waals surface area contributed by atoms with Crippen molar-refractivity contribution < 1.29 is 4.74 Å². The molecule has 1 aromatic rings. The molecule has 0 aliphatic rings. The molecule has 0 aromatic carbocycles. The smallest absolute Gasteiger partial charge is 0.193 e. The van der Waals surface area contributed by atoms with Crippen LogP contribution in [0.2, 0.25) is 0 Å². The molecule has 0 fully saturated rings. The van der Waals surface area contributed by atoms with Crippen molar-refractivity contribution in [3.63, 3.8) is 0 Å². The fourth-order valence-electron chi connectivity index (χ4n) is 2.38. The lowest BCUT2D eigenvalue weighted by Crippen LogP contribution is -2.39. The van der Waals surface area contributed by atoms with Gasteiger partial charge in [0.25, 0.3) is 0 Å². The second kappa shape index (κ2) is 11.3. The van der Waals surface area contributed by atoms with E-state index in [2.05, 4.69) is 26.8 Å². The summed E-state index contributed by atoms with van der Waals surface area (Å²) in [6.07, 6.45) is 5.86. The SMILES string of the molecule is C=CCCCN(C)C(=NC)NCc1ncc(C)c(OC)c1C.I. The minimum atomic E-state index is 0. The Kier molecular flexibility index (Phi) is 10.6. The number of aryl methyl sites for hydroxylation is 1. The molecule has 0 aliphatic carbocycles. The van der Waals surface area contributed by atoms with Gasteiger partial charge in [-0.25, -0.2) is 0 Å². The molecule has 23 heavy (non-hydrogen) atoms. The number of allylic oxidation sites excluding steroid dienone is 1. The van der Waals surface area contributed by atoms with Gasteiger partial charge in [-0.1, -0.05) is 6.08 Å². The maximum Gasteiger partial charge on any atom is 0.193 e. The molecule has 1 aromatic heterocycles. The standard InChI is InChI=1S/C17H28N4O.HI/c1-7-8-9-10-21(5)17(18-4)20-12-15-14(3)16(22-6)13(2)11-19-15;/h7,11H,1,8-10,12H2,2-6H3,(H,18,20);1H. The van der Waals surface area contributed by atoms with Crippen LogP contribution in [0, 0.1) is 13.8 Å². The predicted octanol–water partition coefficient (Wildman–Crippen LogP) is 3.30. The van der Waals surface area contributed by atoms with E-state index >= 15 is 0 Å². The highest BCUT2D eigenvalue weighted by molar-refractivity contribution is 14.0. The molecule has 1 N–H and O–H groups in total. The van der Waals surface area contributed by atoms with Crippen molar-refractivity contribution in [1.29, 1.82) is 0 Å².